The van der Waals surface area contributed by atoms with Gasteiger partial charge in [-0.25, -0.2) is 0 Å². The summed E-state index contributed by atoms with van der Waals surface area (Å²) >= 11 is 6.06. The van der Waals surface area contributed by atoms with E-state index in [1.54, 1.807) is 6.07 Å². The maximum Gasteiger partial charge on any atom is 0.255 e. The lowest BCUT2D eigenvalue weighted by molar-refractivity contribution is 0.0287. The lowest BCUT2D eigenvalue weighted by Crippen LogP contribution is -2.45. The van der Waals surface area contributed by atoms with Crippen molar-refractivity contribution in [1.29, 1.82) is 0 Å². The van der Waals surface area contributed by atoms with Crippen LogP contribution in [0.15, 0.2) is 23.8 Å². The predicted molar refractivity (Wildman–Crippen MR) is 95.7 cm³/mol. The Balaban J connectivity index is 2.06. The van der Waals surface area contributed by atoms with E-state index in [0.717, 1.165) is 12.1 Å². The third-order valence-electron chi connectivity index (χ3n) is 3.57. The van der Waals surface area contributed by atoms with Gasteiger partial charge in [0.05, 0.1) is 29.0 Å². The molecule has 0 aliphatic carbocycles. The minimum absolute atomic E-state index is 0.0398. The lowest BCUT2D eigenvalue weighted by Gasteiger charge is -2.24. The number of ether oxygens (including phenoxy) is 2. The summed E-state index contributed by atoms with van der Waals surface area (Å²) in [5.74, 6) is 0.146. The number of nitrogens with two attached hydrogens (primary N) is 1. The van der Waals surface area contributed by atoms with Crippen molar-refractivity contribution in [2.24, 2.45) is 0 Å². The van der Waals surface area contributed by atoms with Crippen LogP contribution in [0.4, 0.5) is 5.69 Å². The number of anilines is 1. The number of hydrogen-bond donors (Lipinski definition) is 3. The van der Waals surface area contributed by atoms with Crippen molar-refractivity contribution in [2.75, 3.05) is 38.6 Å². The van der Waals surface area contributed by atoms with E-state index in [2.05, 4.69) is 10.6 Å². The molecular formula is C17H24ClN3O3. The average molecular weight is 354 g/mol. The van der Waals surface area contributed by atoms with Crippen LogP contribution in [0.5, 0.6) is 5.75 Å². The fourth-order valence-electron chi connectivity index (χ4n) is 2.22. The molecule has 0 bridgehead atoms. The molecule has 1 heterocycles. The lowest BCUT2D eigenvalue weighted by atomic mass is 10.1. The quantitative estimate of drug-likeness (QED) is 0.538. The van der Waals surface area contributed by atoms with Crippen molar-refractivity contribution in [3.8, 4) is 5.75 Å². The molecule has 1 saturated heterocycles. The average Bonchev–Trinajstić information content (AvgIpc) is 2.56. The van der Waals surface area contributed by atoms with Crippen LogP contribution in [0.3, 0.4) is 0 Å². The highest BCUT2D eigenvalue weighted by molar-refractivity contribution is 6.33. The second-order valence-corrected chi connectivity index (χ2v) is 6.28. The maximum absolute atomic E-state index is 12.5. The summed E-state index contributed by atoms with van der Waals surface area (Å²) in [5, 5.41) is 6.40. The normalized spacial score (nSPS) is 17.2. The molecule has 4 N–H and O–H groups in total. The number of nitrogens with one attached hydrogen (secondary N) is 2. The summed E-state index contributed by atoms with van der Waals surface area (Å²) < 4.78 is 11.2. The maximum atomic E-state index is 12.5. The highest BCUT2D eigenvalue weighted by Crippen LogP contribution is 2.29. The Kier molecular flexibility index (Phi) is 6.90. The molecule has 1 aromatic carbocycles. The third-order valence-corrected chi connectivity index (χ3v) is 3.90. The van der Waals surface area contributed by atoms with Crippen LogP contribution in [0, 0.1) is 0 Å². The van der Waals surface area contributed by atoms with Gasteiger partial charge in [-0.1, -0.05) is 17.2 Å². The number of morpholine rings is 1. The molecule has 1 aromatic rings. The smallest absolute Gasteiger partial charge is 0.255 e. The van der Waals surface area contributed by atoms with Gasteiger partial charge in [0.15, 0.2) is 0 Å². The zero-order chi connectivity index (χ0) is 17.5. The first-order valence-electron chi connectivity index (χ1n) is 7.93. The van der Waals surface area contributed by atoms with E-state index in [1.165, 1.54) is 6.07 Å². The number of amides is 1. The molecule has 2 rings (SSSR count). The summed E-state index contributed by atoms with van der Waals surface area (Å²) in [6.45, 7) is 6.93. The molecule has 1 atom stereocenters. The molecule has 6 nitrogen and oxygen atoms in total. The van der Waals surface area contributed by atoms with Crippen LogP contribution in [0.2, 0.25) is 5.02 Å². The molecule has 1 aliphatic heterocycles. The largest absolute Gasteiger partial charge is 0.489 e. The van der Waals surface area contributed by atoms with Crippen LogP contribution in [0.1, 0.15) is 24.2 Å². The van der Waals surface area contributed by atoms with Crippen molar-refractivity contribution < 1.29 is 14.3 Å². The number of carbonyl (C=O) groups is 1. The Labute approximate surface area is 147 Å². The van der Waals surface area contributed by atoms with Crippen molar-refractivity contribution in [3.05, 3.63) is 34.4 Å². The molecular weight excluding hydrogens is 330 g/mol. The second kappa shape index (κ2) is 8.92. The molecule has 0 radical (unpaired) electrons. The van der Waals surface area contributed by atoms with Crippen molar-refractivity contribution in [2.45, 2.75) is 20.0 Å². The zero-order valence-electron chi connectivity index (χ0n) is 14.0. The molecule has 132 valence electrons. The van der Waals surface area contributed by atoms with Crippen molar-refractivity contribution in [3.63, 3.8) is 0 Å². The van der Waals surface area contributed by atoms with Gasteiger partial charge in [0.2, 0.25) is 0 Å². The first-order valence-corrected chi connectivity index (χ1v) is 8.31. The highest BCUT2D eigenvalue weighted by Gasteiger charge is 2.18. The van der Waals surface area contributed by atoms with Gasteiger partial charge in [-0.05, 0) is 26.0 Å². The molecule has 1 aliphatic rings. The SMILES string of the molecule is CC(C)=CCOc1cc(N)c(Cl)cc1C(=O)NCC1CNCCO1. The zero-order valence-corrected chi connectivity index (χ0v) is 14.8. The van der Waals surface area contributed by atoms with E-state index in [1.807, 2.05) is 19.9 Å². The number of carbonyl (C=O) groups excluding carboxylic acids is 1. The van der Waals surface area contributed by atoms with E-state index in [4.69, 9.17) is 26.8 Å². The van der Waals surface area contributed by atoms with Gasteiger partial charge in [0.25, 0.3) is 5.91 Å². The van der Waals surface area contributed by atoms with Gasteiger partial charge >= 0.3 is 0 Å². The number of halogens is 1. The minimum Gasteiger partial charge on any atom is -0.489 e. The third kappa shape index (κ3) is 5.40. The summed E-state index contributed by atoms with van der Waals surface area (Å²) in [7, 11) is 0. The number of nitrogen functional groups attached to an aromatic ring is 1. The van der Waals surface area contributed by atoms with Gasteiger partial charge < -0.3 is 25.8 Å². The molecule has 24 heavy (non-hydrogen) atoms. The van der Waals surface area contributed by atoms with Crippen LogP contribution in [0.25, 0.3) is 0 Å². The first kappa shape index (κ1) is 18.6. The summed E-state index contributed by atoms with van der Waals surface area (Å²) in [6.07, 6.45) is 1.88. The first-order chi connectivity index (χ1) is 11.5. The van der Waals surface area contributed by atoms with Crippen LogP contribution < -0.4 is 21.1 Å². The van der Waals surface area contributed by atoms with Crippen LogP contribution in [-0.4, -0.2) is 44.9 Å². The number of rotatable bonds is 6. The monoisotopic (exact) mass is 353 g/mol. The molecule has 1 unspecified atom stereocenters. The molecule has 0 saturated carbocycles. The van der Waals surface area contributed by atoms with Gasteiger partial charge in [-0.15, -0.1) is 0 Å². The fourth-order valence-corrected chi connectivity index (χ4v) is 2.38. The minimum atomic E-state index is -0.265. The number of hydrogen-bond acceptors (Lipinski definition) is 5. The Morgan fingerprint density at radius 1 is 1.54 bits per heavy atom. The molecule has 7 heteroatoms. The summed E-state index contributed by atoms with van der Waals surface area (Å²) in [4.78, 5) is 12.5. The van der Waals surface area contributed by atoms with Gasteiger partial charge in [-0.3, -0.25) is 4.79 Å². The number of allylic oxidation sites excluding steroid dienone is 1. The molecule has 1 fully saturated rings. The second-order valence-electron chi connectivity index (χ2n) is 5.87. The van der Waals surface area contributed by atoms with Crippen molar-refractivity contribution >= 4 is 23.2 Å². The van der Waals surface area contributed by atoms with E-state index in [9.17, 15) is 4.79 Å². The van der Waals surface area contributed by atoms with Crippen molar-refractivity contribution in [1.82, 2.24) is 10.6 Å². The van der Waals surface area contributed by atoms with Gasteiger partial charge in [0, 0.05) is 25.7 Å². The van der Waals surface area contributed by atoms with Gasteiger partial charge in [0.1, 0.15) is 12.4 Å². The molecule has 0 aromatic heterocycles. The van der Waals surface area contributed by atoms with E-state index in [0.29, 0.717) is 48.3 Å². The Morgan fingerprint density at radius 3 is 3.00 bits per heavy atom. The highest BCUT2D eigenvalue weighted by atomic mass is 35.5. The topological polar surface area (TPSA) is 85.6 Å². The summed E-state index contributed by atoms with van der Waals surface area (Å²) in [5.41, 5.74) is 7.69. The Morgan fingerprint density at radius 2 is 2.33 bits per heavy atom. The number of benzene rings is 1. The Bertz CT molecular complexity index is 609. The van der Waals surface area contributed by atoms with E-state index in [-0.39, 0.29) is 12.0 Å². The van der Waals surface area contributed by atoms with E-state index >= 15 is 0 Å². The Hall–Kier alpha value is -1.76. The van der Waals surface area contributed by atoms with Crippen LogP contribution in [-0.2, 0) is 4.74 Å². The van der Waals surface area contributed by atoms with E-state index < -0.39 is 0 Å². The molecule has 0 spiro atoms. The van der Waals surface area contributed by atoms with Crippen LogP contribution >= 0.6 is 11.6 Å². The summed E-state index contributed by atoms with van der Waals surface area (Å²) in [6, 6.07) is 3.11. The molecule has 1 amide bonds. The standard InChI is InChI=1S/C17H24ClN3O3/c1-11(2)3-5-24-16-8-15(19)14(18)7-13(16)17(22)21-10-12-9-20-4-6-23-12/h3,7-8,12,20H,4-6,9-10,19H2,1-2H3,(H,21,22). The predicted octanol–water partition coefficient (Wildman–Crippen LogP) is 1.99. The van der Waals surface area contributed by atoms with Gasteiger partial charge in [-0.2, -0.15) is 0 Å². The fraction of sp³-hybridized carbons (Fsp3) is 0.471.